The van der Waals surface area contributed by atoms with Gasteiger partial charge in [-0.2, -0.15) is 0 Å². The van der Waals surface area contributed by atoms with Crippen molar-refractivity contribution in [3.8, 4) is 5.75 Å². The Bertz CT molecular complexity index is 537. The molecule has 0 bridgehead atoms. The Morgan fingerprint density at radius 1 is 1.20 bits per heavy atom. The normalized spacial score (nSPS) is 21.8. The van der Waals surface area contributed by atoms with Crippen LogP contribution in [0.1, 0.15) is 10.4 Å². The molecule has 1 aliphatic rings. The van der Waals surface area contributed by atoms with Crippen LogP contribution in [0.5, 0.6) is 5.75 Å². The van der Waals surface area contributed by atoms with Crippen LogP contribution in [0.25, 0.3) is 0 Å². The largest absolute Gasteiger partial charge is 0.507 e. The fraction of sp³-hybridized carbons (Fsp3) is 0.333. The Kier molecular flexibility index (Phi) is 3.77. The summed E-state index contributed by atoms with van der Waals surface area (Å²) in [6.45, 7) is 0.0123. The second-order valence-corrected chi connectivity index (χ2v) is 4.51. The third-order valence-corrected chi connectivity index (χ3v) is 3.03. The van der Waals surface area contributed by atoms with Crippen molar-refractivity contribution in [1.82, 2.24) is 4.90 Å². The number of phenols is 1. The highest BCUT2D eigenvalue weighted by molar-refractivity contribution is 5.94. The highest BCUT2D eigenvalue weighted by Gasteiger charge is 2.32. The van der Waals surface area contributed by atoms with Gasteiger partial charge in [0.05, 0.1) is 25.3 Å². The number of hydrogen-bond donors (Lipinski definition) is 5. The third kappa shape index (κ3) is 2.81. The Balaban J connectivity index is 2.05. The zero-order valence-electron chi connectivity index (χ0n) is 10.4. The monoisotopic (exact) mass is 282 g/mol. The fourth-order valence-electron chi connectivity index (χ4n) is 1.93. The average Bonchev–Trinajstić information content (AvgIpc) is 2.69. The van der Waals surface area contributed by atoms with E-state index < -0.39 is 30.0 Å². The number of carbonyl (C=O) groups is 2. The Morgan fingerprint density at radius 2 is 1.80 bits per heavy atom. The van der Waals surface area contributed by atoms with Gasteiger partial charge in [-0.25, -0.2) is 9.59 Å². The van der Waals surface area contributed by atoms with Crippen molar-refractivity contribution in [3.05, 3.63) is 23.8 Å². The Morgan fingerprint density at radius 3 is 2.30 bits per heavy atom. The standard InChI is InChI=1S/C12H14N2O6/c15-8-3-6(1-2-7(8)11(18)19)13-12(20)14-4-9(16)10(17)5-14/h1-3,9-10,15-17H,4-5H2,(H,13,20)(H,18,19). The molecule has 1 aliphatic heterocycles. The van der Waals surface area contributed by atoms with Crippen molar-refractivity contribution in [2.45, 2.75) is 12.2 Å². The molecule has 1 heterocycles. The summed E-state index contributed by atoms with van der Waals surface area (Å²) in [6.07, 6.45) is -1.97. The number of rotatable bonds is 2. The quantitative estimate of drug-likeness (QED) is 0.504. The number of aromatic carboxylic acids is 1. The summed E-state index contributed by atoms with van der Waals surface area (Å²) in [5.74, 6) is -1.73. The number of carbonyl (C=O) groups excluding carboxylic acids is 1. The van der Waals surface area contributed by atoms with Crippen molar-refractivity contribution < 1.29 is 30.0 Å². The van der Waals surface area contributed by atoms with Gasteiger partial charge in [0.15, 0.2) is 0 Å². The molecule has 1 aromatic rings. The molecular weight excluding hydrogens is 268 g/mol. The predicted octanol–water partition coefficient (Wildman–Crippen LogP) is -0.340. The number of likely N-dealkylation sites (tertiary alicyclic amines) is 1. The van der Waals surface area contributed by atoms with Gasteiger partial charge in [0.25, 0.3) is 0 Å². The van der Waals surface area contributed by atoms with Crippen molar-refractivity contribution >= 4 is 17.7 Å². The lowest BCUT2D eigenvalue weighted by molar-refractivity contribution is 0.0572. The highest BCUT2D eigenvalue weighted by Crippen LogP contribution is 2.22. The number of urea groups is 1. The smallest absolute Gasteiger partial charge is 0.339 e. The summed E-state index contributed by atoms with van der Waals surface area (Å²) in [5, 5.41) is 39.4. The number of nitrogens with zero attached hydrogens (tertiary/aromatic N) is 1. The van der Waals surface area contributed by atoms with Crippen molar-refractivity contribution in [1.29, 1.82) is 0 Å². The molecule has 8 heteroatoms. The molecule has 0 spiro atoms. The first-order chi connectivity index (χ1) is 9.38. The number of amides is 2. The molecule has 5 N–H and O–H groups in total. The molecule has 1 fully saturated rings. The van der Waals surface area contributed by atoms with E-state index in [1.54, 1.807) is 0 Å². The Hall–Kier alpha value is -2.32. The van der Waals surface area contributed by atoms with E-state index in [0.29, 0.717) is 0 Å². The molecule has 0 aliphatic carbocycles. The third-order valence-electron chi connectivity index (χ3n) is 3.03. The number of anilines is 1. The van der Waals surface area contributed by atoms with E-state index in [1.165, 1.54) is 17.0 Å². The number of benzene rings is 1. The maximum Gasteiger partial charge on any atom is 0.339 e. The van der Waals surface area contributed by atoms with Crippen LogP contribution in [0, 0.1) is 0 Å². The van der Waals surface area contributed by atoms with Gasteiger partial charge in [0.1, 0.15) is 11.3 Å². The molecule has 2 rings (SSSR count). The minimum absolute atomic E-state index is 0.00614. The average molecular weight is 282 g/mol. The second kappa shape index (κ2) is 5.35. The summed E-state index contributed by atoms with van der Waals surface area (Å²) < 4.78 is 0. The van der Waals surface area contributed by atoms with Crippen LogP contribution in [-0.2, 0) is 0 Å². The zero-order valence-corrected chi connectivity index (χ0v) is 10.4. The maximum absolute atomic E-state index is 11.8. The summed E-state index contributed by atoms with van der Waals surface area (Å²) in [5.41, 5.74) is -0.0524. The van der Waals surface area contributed by atoms with Crippen LogP contribution in [0.4, 0.5) is 10.5 Å². The van der Waals surface area contributed by atoms with Crippen LogP contribution in [0.15, 0.2) is 18.2 Å². The second-order valence-electron chi connectivity index (χ2n) is 4.51. The number of aliphatic hydroxyl groups excluding tert-OH is 2. The van der Waals surface area contributed by atoms with Gasteiger partial charge < -0.3 is 30.6 Å². The number of nitrogens with one attached hydrogen (secondary N) is 1. The molecule has 0 aromatic heterocycles. The lowest BCUT2D eigenvalue weighted by atomic mass is 10.2. The van der Waals surface area contributed by atoms with E-state index in [-0.39, 0.29) is 24.3 Å². The van der Waals surface area contributed by atoms with Crippen LogP contribution in [0.2, 0.25) is 0 Å². The van der Waals surface area contributed by atoms with Crippen LogP contribution >= 0.6 is 0 Å². The van der Waals surface area contributed by atoms with Crippen LogP contribution in [0.3, 0.4) is 0 Å². The Labute approximate surface area is 113 Å². The van der Waals surface area contributed by atoms with Gasteiger partial charge in [-0.1, -0.05) is 0 Å². The lowest BCUT2D eigenvalue weighted by Crippen LogP contribution is -2.33. The topological polar surface area (TPSA) is 130 Å². The molecule has 2 unspecified atom stereocenters. The van der Waals surface area contributed by atoms with Crippen molar-refractivity contribution in [3.63, 3.8) is 0 Å². The molecule has 108 valence electrons. The van der Waals surface area contributed by atoms with Gasteiger partial charge in [0.2, 0.25) is 0 Å². The fourth-order valence-corrected chi connectivity index (χ4v) is 1.93. The molecule has 20 heavy (non-hydrogen) atoms. The number of carboxylic acid groups (broad SMARTS) is 1. The number of hydrogen-bond acceptors (Lipinski definition) is 5. The van der Waals surface area contributed by atoms with E-state index in [1.807, 2.05) is 0 Å². The number of β-amino-alcohol motifs (C(OH)–C–C–N with tert-alkyl or cyclic N) is 2. The zero-order chi connectivity index (χ0) is 14.9. The molecule has 2 atom stereocenters. The minimum Gasteiger partial charge on any atom is -0.507 e. The molecule has 0 saturated carbocycles. The van der Waals surface area contributed by atoms with E-state index in [2.05, 4.69) is 5.32 Å². The number of aliphatic hydroxyl groups is 2. The van der Waals surface area contributed by atoms with Gasteiger partial charge in [-0.15, -0.1) is 0 Å². The first-order valence-electron chi connectivity index (χ1n) is 5.87. The van der Waals surface area contributed by atoms with E-state index in [0.717, 1.165) is 6.07 Å². The number of aromatic hydroxyl groups is 1. The van der Waals surface area contributed by atoms with E-state index >= 15 is 0 Å². The predicted molar refractivity (Wildman–Crippen MR) is 67.7 cm³/mol. The number of carboxylic acids is 1. The molecule has 2 amide bonds. The van der Waals surface area contributed by atoms with Gasteiger partial charge in [0, 0.05) is 11.8 Å². The van der Waals surface area contributed by atoms with E-state index in [4.69, 9.17) is 5.11 Å². The minimum atomic E-state index is -1.27. The van der Waals surface area contributed by atoms with Crippen LogP contribution < -0.4 is 5.32 Å². The van der Waals surface area contributed by atoms with Crippen molar-refractivity contribution in [2.75, 3.05) is 18.4 Å². The van der Waals surface area contributed by atoms with Gasteiger partial charge in [-0.3, -0.25) is 0 Å². The lowest BCUT2D eigenvalue weighted by Gasteiger charge is -2.16. The van der Waals surface area contributed by atoms with Gasteiger partial charge in [-0.05, 0) is 12.1 Å². The van der Waals surface area contributed by atoms with Gasteiger partial charge >= 0.3 is 12.0 Å². The molecule has 0 radical (unpaired) electrons. The summed E-state index contributed by atoms with van der Waals surface area (Å²) in [7, 11) is 0. The van der Waals surface area contributed by atoms with Crippen LogP contribution in [-0.4, -0.2) is 62.6 Å². The summed E-state index contributed by atoms with van der Waals surface area (Å²) in [6, 6.07) is 3.07. The van der Waals surface area contributed by atoms with E-state index in [9.17, 15) is 24.9 Å². The molecule has 1 aromatic carbocycles. The maximum atomic E-state index is 11.8. The summed E-state index contributed by atoms with van der Waals surface area (Å²) >= 11 is 0. The molecular formula is C12H14N2O6. The SMILES string of the molecule is O=C(O)c1ccc(NC(=O)N2CC(O)C(O)C2)cc1O. The molecule has 1 saturated heterocycles. The summed E-state index contributed by atoms with van der Waals surface area (Å²) in [4.78, 5) is 23.8. The first kappa shape index (κ1) is 14.1. The van der Waals surface area contributed by atoms with Crippen molar-refractivity contribution in [2.24, 2.45) is 0 Å². The molecule has 8 nitrogen and oxygen atoms in total. The highest BCUT2D eigenvalue weighted by atomic mass is 16.4. The first-order valence-corrected chi connectivity index (χ1v) is 5.87.